The number of aliphatic hydroxyl groups is 1. The van der Waals surface area contributed by atoms with Crippen molar-refractivity contribution < 1.29 is 14.3 Å². The Hall–Kier alpha value is -3.19. The van der Waals surface area contributed by atoms with Crippen LogP contribution in [-0.4, -0.2) is 52.6 Å². The quantitative estimate of drug-likeness (QED) is 0.392. The number of pyridine rings is 1. The van der Waals surface area contributed by atoms with Crippen molar-refractivity contribution in [3.8, 4) is 11.1 Å². The molecule has 1 amide bonds. The van der Waals surface area contributed by atoms with E-state index in [0.717, 1.165) is 27.8 Å². The lowest BCUT2D eigenvalue weighted by atomic mass is 9.93. The van der Waals surface area contributed by atoms with Crippen LogP contribution in [0.25, 0.3) is 16.6 Å². The van der Waals surface area contributed by atoms with E-state index in [4.69, 9.17) is 0 Å². The average Bonchev–Trinajstić information content (AvgIpc) is 3.21. The van der Waals surface area contributed by atoms with E-state index in [0.29, 0.717) is 43.7 Å². The molecule has 0 radical (unpaired) electrons. The number of nitrogens with one attached hydrogen (secondary N) is 1. The topological polar surface area (TPSA) is 57.0 Å². The molecule has 3 heterocycles. The SMILES string of the molecule is Cc1c(F)cccc1Cc1c(-c2ccccc2)c2ccccn2c1C(=O)N1CCN[C@@H](CCO)C1.Cl. The van der Waals surface area contributed by atoms with E-state index in [9.17, 15) is 14.3 Å². The molecule has 0 spiro atoms. The van der Waals surface area contributed by atoms with E-state index in [1.54, 1.807) is 13.0 Å². The molecule has 7 heteroatoms. The molecular formula is C29H31ClFN3O2. The third-order valence-corrected chi connectivity index (χ3v) is 6.98. The van der Waals surface area contributed by atoms with Gasteiger partial charge < -0.3 is 19.7 Å². The minimum absolute atomic E-state index is 0. The third-order valence-electron chi connectivity index (χ3n) is 6.98. The predicted octanol–water partition coefficient (Wildman–Crippen LogP) is 4.86. The van der Waals surface area contributed by atoms with Gasteiger partial charge in [0.05, 0.1) is 5.52 Å². The molecule has 0 bridgehead atoms. The summed E-state index contributed by atoms with van der Waals surface area (Å²) in [6.45, 7) is 3.69. The minimum Gasteiger partial charge on any atom is -0.396 e. The summed E-state index contributed by atoms with van der Waals surface area (Å²) < 4.78 is 16.5. The van der Waals surface area contributed by atoms with Gasteiger partial charge in [-0.2, -0.15) is 0 Å². The van der Waals surface area contributed by atoms with E-state index in [-0.39, 0.29) is 36.8 Å². The van der Waals surface area contributed by atoms with Crippen LogP contribution in [0.3, 0.4) is 0 Å². The number of hydrogen-bond acceptors (Lipinski definition) is 3. The van der Waals surface area contributed by atoms with Crippen LogP contribution in [0, 0.1) is 12.7 Å². The van der Waals surface area contributed by atoms with Crippen LogP contribution < -0.4 is 5.32 Å². The van der Waals surface area contributed by atoms with Gasteiger partial charge in [0.1, 0.15) is 11.5 Å². The number of halogens is 2. The molecule has 1 aliphatic rings. The standard InChI is InChI=1S/C29H30FN3O2.ClH/c1-20-22(10-7-11-25(20)30)18-24-27(21-8-3-2-4-9-21)26-12-5-6-15-33(26)28(24)29(35)32-16-14-31-23(19-32)13-17-34;/h2-12,15,23,31,34H,13-14,16-19H2,1H3;1H/t23-;/m0./s1. The Morgan fingerprint density at radius 3 is 2.64 bits per heavy atom. The van der Waals surface area contributed by atoms with Crippen molar-refractivity contribution in [2.45, 2.75) is 25.8 Å². The summed E-state index contributed by atoms with van der Waals surface area (Å²) in [5, 5.41) is 12.8. The molecule has 2 aromatic carbocycles. The number of amides is 1. The largest absolute Gasteiger partial charge is 0.396 e. The Kier molecular flexibility index (Phi) is 8.09. The van der Waals surface area contributed by atoms with Crippen LogP contribution >= 0.6 is 12.4 Å². The fraction of sp³-hybridized carbons (Fsp3) is 0.276. The van der Waals surface area contributed by atoms with Gasteiger partial charge in [-0.15, -0.1) is 12.4 Å². The lowest BCUT2D eigenvalue weighted by Crippen LogP contribution is -2.53. The van der Waals surface area contributed by atoms with Gasteiger partial charge in [0, 0.05) is 50.5 Å². The molecule has 5 nitrogen and oxygen atoms in total. The van der Waals surface area contributed by atoms with Crippen LogP contribution in [0.2, 0.25) is 0 Å². The zero-order valence-corrected chi connectivity index (χ0v) is 21.1. The lowest BCUT2D eigenvalue weighted by molar-refractivity contribution is 0.0682. The molecule has 1 atom stereocenters. The van der Waals surface area contributed by atoms with E-state index in [2.05, 4.69) is 17.4 Å². The smallest absolute Gasteiger partial charge is 0.271 e. The first-order valence-corrected chi connectivity index (χ1v) is 12.1. The summed E-state index contributed by atoms with van der Waals surface area (Å²) in [6.07, 6.45) is 2.98. The van der Waals surface area contributed by atoms with Gasteiger partial charge >= 0.3 is 0 Å². The number of rotatable bonds is 6. The molecule has 1 fully saturated rings. The van der Waals surface area contributed by atoms with E-state index in [1.807, 2.05) is 58.0 Å². The Morgan fingerprint density at radius 1 is 1.08 bits per heavy atom. The molecule has 4 aromatic rings. The molecule has 5 rings (SSSR count). The Balaban J connectivity index is 0.00000304. The third kappa shape index (κ3) is 4.89. The van der Waals surface area contributed by atoms with Crippen LogP contribution in [0.4, 0.5) is 4.39 Å². The van der Waals surface area contributed by atoms with Crippen molar-refractivity contribution in [3.63, 3.8) is 0 Å². The first-order valence-electron chi connectivity index (χ1n) is 12.1. The second-order valence-electron chi connectivity index (χ2n) is 9.14. The van der Waals surface area contributed by atoms with Crippen molar-refractivity contribution in [3.05, 3.63) is 101 Å². The van der Waals surface area contributed by atoms with Gasteiger partial charge in [-0.3, -0.25) is 4.79 Å². The number of benzene rings is 2. The maximum Gasteiger partial charge on any atom is 0.271 e. The van der Waals surface area contributed by atoms with Crippen molar-refractivity contribution in [1.82, 2.24) is 14.6 Å². The van der Waals surface area contributed by atoms with Crippen LogP contribution in [0.5, 0.6) is 0 Å². The minimum atomic E-state index is -0.241. The number of nitrogens with zero attached hydrogens (tertiary/aromatic N) is 2. The van der Waals surface area contributed by atoms with Crippen LogP contribution in [0.15, 0.2) is 72.9 Å². The summed E-state index contributed by atoms with van der Waals surface area (Å²) in [7, 11) is 0. The van der Waals surface area contributed by atoms with Gasteiger partial charge in [0.25, 0.3) is 5.91 Å². The number of fused-ring (bicyclic) bond motifs is 1. The summed E-state index contributed by atoms with van der Waals surface area (Å²) in [6, 6.07) is 21.2. The van der Waals surface area contributed by atoms with Gasteiger partial charge in [0.15, 0.2) is 0 Å². The van der Waals surface area contributed by atoms with Crippen molar-refractivity contribution in [2.75, 3.05) is 26.2 Å². The molecule has 1 saturated heterocycles. The second-order valence-corrected chi connectivity index (χ2v) is 9.14. The van der Waals surface area contributed by atoms with E-state index in [1.165, 1.54) is 6.07 Å². The molecule has 2 N–H and O–H groups in total. The Bertz CT molecular complexity index is 1350. The highest BCUT2D eigenvalue weighted by Gasteiger charge is 2.30. The van der Waals surface area contributed by atoms with Gasteiger partial charge in [-0.25, -0.2) is 4.39 Å². The number of piperazine rings is 1. The Morgan fingerprint density at radius 2 is 1.86 bits per heavy atom. The summed E-state index contributed by atoms with van der Waals surface area (Å²) in [5.41, 5.74) is 5.97. The molecule has 2 aromatic heterocycles. The first kappa shape index (κ1) is 25.9. The summed E-state index contributed by atoms with van der Waals surface area (Å²) in [4.78, 5) is 16.0. The highest BCUT2D eigenvalue weighted by molar-refractivity contribution is 6.01. The number of carbonyl (C=O) groups excluding carboxylic acids is 1. The molecule has 36 heavy (non-hydrogen) atoms. The molecule has 0 saturated carbocycles. The number of carbonyl (C=O) groups is 1. The molecule has 0 unspecified atom stereocenters. The number of hydrogen-bond donors (Lipinski definition) is 2. The van der Waals surface area contributed by atoms with E-state index >= 15 is 0 Å². The van der Waals surface area contributed by atoms with Crippen molar-refractivity contribution in [2.24, 2.45) is 0 Å². The molecular weight excluding hydrogens is 477 g/mol. The van der Waals surface area contributed by atoms with Crippen molar-refractivity contribution >= 4 is 23.8 Å². The normalized spacial score (nSPS) is 15.6. The van der Waals surface area contributed by atoms with Crippen LogP contribution in [-0.2, 0) is 6.42 Å². The highest BCUT2D eigenvalue weighted by Crippen LogP contribution is 2.36. The zero-order valence-electron chi connectivity index (χ0n) is 20.3. The van der Waals surface area contributed by atoms with E-state index < -0.39 is 0 Å². The van der Waals surface area contributed by atoms with Crippen molar-refractivity contribution in [1.29, 1.82) is 0 Å². The first-order chi connectivity index (χ1) is 17.1. The summed E-state index contributed by atoms with van der Waals surface area (Å²) >= 11 is 0. The monoisotopic (exact) mass is 507 g/mol. The molecule has 0 aliphatic carbocycles. The maximum absolute atomic E-state index is 14.5. The van der Waals surface area contributed by atoms with Crippen LogP contribution in [0.1, 0.15) is 33.6 Å². The molecule has 188 valence electrons. The fourth-order valence-electron chi connectivity index (χ4n) is 5.13. The maximum atomic E-state index is 14.5. The number of aliphatic hydroxyl groups excluding tert-OH is 1. The highest BCUT2D eigenvalue weighted by atomic mass is 35.5. The Labute approximate surface area is 217 Å². The van der Waals surface area contributed by atoms with Gasteiger partial charge in [0.2, 0.25) is 0 Å². The summed E-state index contributed by atoms with van der Waals surface area (Å²) in [5.74, 6) is -0.281. The zero-order chi connectivity index (χ0) is 24.4. The number of aromatic nitrogens is 1. The average molecular weight is 508 g/mol. The van der Waals surface area contributed by atoms with Gasteiger partial charge in [-0.05, 0) is 53.8 Å². The lowest BCUT2D eigenvalue weighted by Gasteiger charge is -2.33. The second kappa shape index (κ2) is 11.2. The predicted molar refractivity (Wildman–Crippen MR) is 143 cm³/mol. The molecule has 1 aliphatic heterocycles. The van der Waals surface area contributed by atoms with Gasteiger partial charge in [-0.1, -0.05) is 48.5 Å². The fourth-order valence-corrected chi connectivity index (χ4v) is 5.13.